The summed E-state index contributed by atoms with van der Waals surface area (Å²) in [4.78, 5) is 22.7. The maximum atomic E-state index is 13.4. The number of amides is 1. The van der Waals surface area contributed by atoms with Crippen molar-refractivity contribution in [2.45, 2.75) is 13.0 Å². The van der Waals surface area contributed by atoms with Crippen LogP contribution in [0.1, 0.15) is 40.1 Å². The standard InChI is InChI=1S/C30H24N8O/c1-19(34-30(39)28-29(31)35-25-12-7-15-32-38(25)28)24-16-23-11-6-10-22(14-13-20-17-33-37(2)18-20)26(23)36-27(24)21-8-4-3-5-9-21/h3-12,15-19H,31H2,1-2H3,(H,34,39)/t19-/m0/s1. The third-order valence-electron chi connectivity index (χ3n) is 6.42. The highest BCUT2D eigenvalue weighted by Gasteiger charge is 2.23. The first-order valence-electron chi connectivity index (χ1n) is 12.4. The number of fused-ring (bicyclic) bond motifs is 2. The fourth-order valence-electron chi connectivity index (χ4n) is 4.56. The second-order valence-corrected chi connectivity index (χ2v) is 9.16. The lowest BCUT2D eigenvalue weighted by Gasteiger charge is -2.19. The third-order valence-corrected chi connectivity index (χ3v) is 6.42. The molecule has 6 rings (SSSR count). The number of hydrogen-bond donors (Lipinski definition) is 2. The first-order chi connectivity index (χ1) is 19.0. The number of rotatable bonds is 4. The van der Waals surface area contributed by atoms with E-state index in [0.29, 0.717) is 5.65 Å². The third kappa shape index (κ3) is 4.55. The van der Waals surface area contributed by atoms with Gasteiger partial charge in [-0.1, -0.05) is 54.3 Å². The minimum Gasteiger partial charge on any atom is -0.382 e. The molecule has 0 fully saturated rings. The number of pyridine rings is 1. The normalized spacial score (nSPS) is 11.7. The minimum absolute atomic E-state index is 0.121. The number of imidazole rings is 1. The van der Waals surface area contributed by atoms with Crippen LogP contribution in [0.3, 0.4) is 0 Å². The van der Waals surface area contributed by atoms with Gasteiger partial charge < -0.3 is 11.1 Å². The van der Waals surface area contributed by atoms with Gasteiger partial charge in [0.1, 0.15) is 0 Å². The number of nitrogens with two attached hydrogens (primary N) is 1. The van der Waals surface area contributed by atoms with Gasteiger partial charge in [0.25, 0.3) is 5.91 Å². The van der Waals surface area contributed by atoms with E-state index >= 15 is 0 Å². The lowest BCUT2D eigenvalue weighted by Crippen LogP contribution is -2.29. The Morgan fingerprint density at radius 1 is 1.00 bits per heavy atom. The summed E-state index contributed by atoms with van der Waals surface area (Å²) >= 11 is 0. The summed E-state index contributed by atoms with van der Waals surface area (Å²) in [6.07, 6.45) is 5.19. The molecule has 1 amide bonds. The van der Waals surface area contributed by atoms with Crippen molar-refractivity contribution in [3.8, 4) is 23.1 Å². The van der Waals surface area contributed by atoms with Gasteiger partial charge in [-0.25, -0.2) is 14.5 Å². The number of aromatic nitrogens is 6. The van der Waals surface area contributed by atoms with Crippen molar-refractivity contribution in [1.82, 2.24) is 34.7 Å². The van der Waals surface area contributed by atoms with Crippen molar-refractivity contribution in [3.63, 3.8) is 0 Å². The SMILES string of the molecule is C[C@H](NC(=O)c1c(N)nc2cccnn12)c1cc2cccc(C#Cc3cnn(C)c3)c2nc1-c1ccccc1. The van der Waals surface area contributed by atoms with E-state index in [-0.39, 0.29) is 17.4 Å². The Morgan fingerprint density at radius 3 is 2.64 bits per heavy atom. The van der Waals surface area contributed by atoms with Crippen LogP contribution < -0.4 is 11.1 Å². The van der Waals surface area contributed by atoms with Gasteiger partial charge >= 0.3 is 0 Å². The minimum atomic E-state index is -0.400. The number of nitrogens with one attached hydrogen (secondary N) is 1. The van der Waals surface area contributed by atoms with Gasteiger partial charge in [0, 0.05) is 36.0 Å². The molecular formula is C30H24N8O. The zero-order valence-corrected chi connectivity index (χ0v) is 21.3. The smallest absolute Gasteiger partial charge is 0.274 e. The number of benzene rings is 2. The zero-order valence-electron chi connectivity index (χ0n) is 21.3. The Kier molecular flexibility index (Phi) is 5.98. The van der Waals surface area contributed by atoms with Crippen LogP contribution in [0.25, 0.3) is 27.8 Å². The molecule has 6 aromatic rings. The highest BCUT2D eigenvalue weighted by Crippen LogP contribution is 2.31. The van der Waals surface area contributed by atoms with E-state index in [9.17, 15) is 4.79 Å². The molecule has 0 saturated heterocycles. The number of carbonyl (C=O) groups is 1. The van der Waals surface area contributed by atoms with Crippen LogP contribution in [0.2, 0.25) is 0 Å². The molecule has 9 nitrogen and oxygen atoms in total. The molecule has 0 bridgehead atoms. The van der Waals surface area contributed by atoms with Crippen molar-refractivity contribution in [1.29, 1.82) is 0 Å². The van der Waals surface area contributed by atoms with E-state index in [1.54, 1.807) is 29.2 Å². The van der Waals surface area contributed by atoms with Gasteiger partial charge in [-0.2, -0.15) is 10.2 Å². The van der Waals surface area contributed by atoms with Crippen LogP contribution in [0.4, 0.5) is 5.82 Å². The summed E-state index contributed by atoms with van der Waals surface area (Å²) in [5.74, 6) is 6.18. The fraction of sp³-hybridized carbons (Fsp3) is 0.100. The Bertz CT molecular complexity index is 1910. The summed E-state index contributed by atoms with van der Waals surface area (Å²) in [5.41, 5.74) is 11.8. The van der Waals surface area contributed by atoms with Crippen molar-refractivity contribution in [3.05, 3.63) is 108 Å². The maximum Gasteiger partial charge on any atom is 0.274 e. The molecule has 2 aromatic carbocycles. The monoisotopic (exact) mass is 512 g/mol. The Balaban J connectivity index is 1.43. The van der Waals surface area contributed by atoms with Crippen molar-refractivity contribution >= 4 is 28.3 Å². The largest absolute Gasteiger partial charge is 0.382 e. The molecule has 190 valence electrons. The van der Waals surface area contributed by atoms with Crippen LogP contribution in [0.5, 0.6) is 0 Å². The van der Waals surface area contributed by atoms with Crippen molar-refractivity contribution in [2.75, 3.05) is 5.73 Å². The topological polar surface area (TPSA) is 116 Å². The Morgan fingerprint density at radius 2 is 1.85 bits per heavy atom. The van der Waals surface area contributed by atoms with Crippen LogP contribution in [0, 0.1) is 11.8 Å². The number of hydrogen-bond acceptors (Lipinski definition) is 6. The number of anilines is 1. The highest BCUT2D eigenvalue weighted by atomic mass is 16.2. The molecule has 9 heteroatoms. The fourth-order valence-corrected chi connectivity index (χ4v) is 4.56. The number of nitrogens with zero attached hydrogens (tertiary/aromatic N) is 6. The molecule has 4 aromatic heterocycles. The number of nitrogen functional groups attached to an aromatic ring is 1. The molecule has 0 saturated carbocycles. The molecule has 39 heavy (non-hydrogen) atoms. The van der Waals surface area contributed by atoms with Crippen LogP contribution >= 0.6 is 0 Å². The second-order valence-electron chi connectivity index (χ2n) is 9.16. The predicted molar refractivity (Wildman–Crippen MR) is 150 cm³/mol. The molecule has 0 unspecified atom stereocenters. The lowest BCUT2D eigenvalue weighted by atomic mass is 9.97. The summed E-state index contributed by atoms with van der Waals surface area (Å²) in [6, 6.07) is 21.0. The molecule has 0 radical (unpaired) electrons. The Labute approximate surface area is 224 Å². The van der Waals surface area contributed by atoms with E-state index < -0.39 is 6.04 Å². The summed E-state index contributed by atoms with van der Waals surface area (Å²) in [5, 5.41) is 12.4. The Hall–Kier alpha value is -5.49. The van der Waals surface area contributed by atoms with Gasteiger partial charge in [0.2, 0.25) is 0 Å². The predicted octanol–water partition coefficient (Wildman–Crippen LogP) is 4.15. The first-order valence-corrected chi connectivity index (χ1v) is 12.4. The lowest BCUT2D eigenvalue weighted by molar-refractivity contribution is 0.0934. The van der Waals surface area contributed by atoms with Crippen LogP contribution in [-0.4, -0.2) is 35.3 Å². The highest BCUT2D eigenvalue weighted by molar-refractivity contribution is 5.98. The van der Waals surface area contributed by atoms with Gasteiger partial charge in [0.05, 0.1) is 34.6 Å². The van der Waals surface area contributed by atoms with E-state index in [0.717, 1.165) is 38.9 Å². The molecular weight excluding hydrogens is 488 g/mol. The average molecular weight is 513 g/mol. The molecule has 3 N–H and O–H groups in total. The van der Waals surface area contributed by atoms with Gasteiger partial charge in [-0.05, 0) is 31.2 Å². The van der Waals surface area contributed by atoms with Gasteiger partial charge in [0.15, 0.2) is 17.2 Å². The van der Waals surface area contributed by atoms with Crippen molar-refractivity contribution in [2.24, 2.45) is 7.05 Å². The summed E-state index contributed by atoms with van der Waals surface area (Å²) in [6.45, 7) is 1.92. The number of aryl methyl sites for hydroxylation is 1. The van der Waals surface area contributed by atoms with E-state index in [1.165, 1.54) is 4.52 Å². The van der Waals surface area contributed by atoms with Crippen molar-refractivity contribution < 1.29 is 4.79 Å². The van der Waals surface area contributed by atoms with Gasteiger partial charge in [-0.3, -0.25) is 9.48 Å². The quantitative estimate of drug-likeness (QED) is 0.343. The van der Waals surface area contributed by atoms with Crippen LogP contribution in [0.15, 0.2) is 85.3 Å². The van der Waals surface area contributed by atoms with Gasteiger partial charge in [-0.15, -0.1) is 0 Å². The average Bonchev–Trinajstić information content (AvgIpc) is 3.52. The van der Waals surface area contributed by atoms with E-state index in [4.69, 9.17) is 10.7 Å². The van der Waals surface area contributed by atoms with Crippen LogP contribution in [-0.2, 0) is 7.05 Å². The molecule has 0 spiro atoms. The molecule has 0 aliphatic rings. The molecule has 0 aliphatic heterocycles. The van der Waals surface area contributed by atoms with E-state index in [2.05, 4.69) is 38.4 Å². The maximum absolute atomic E-state index is 13.4. The molecule has 0 aliphatic carbocycles. The second kappa shape index (κ2) is 9.76. The summed E-state index contributed by atoms with van der Waals surface area (Å²) < 4.78 is 3.17. The number of carbonyl (C=O) groups excluding carboxylic acids is 1. The zero-order chi connectivity index (χ0) is 26.9. The molecule has 1 atom stereocenters. The molecule has 4 heterocycles. The van der Waals surface area contributed by atoms with E-state index in [1.807, 2.05) is 68.7 Å². The summed E-state index contributed by atoms with van der Waals surface area (Å²) in [7, 11) is 1.86. The first kappa shape index (κ1) is 23.9. The number of para-hydroxylation sites is 1.